The molecule has 1 N–H and O–H groups in total. The van der Waals surface area contributed by atoms with Crippen LogP contribution in [0.5, 0.6) is 0 Å². The zero-order valence-electron chi connectivity index (χ0n) is 11.7. The third-order valence-electron chi connectivity index (χ3n) is 3.92. The molecule has 20 heavy (non-hydrogen) atoms. The molecule has 2 aromatic rings. The van der Waals surface area contributed by atoms with Gasteiger partial charge in [-0.15, -0.1) is 12.4 Å². The van der Waals surface area contributed by atoms with Gasteiger partial charge in [-0.25, -0.2) is 0 Å². The molecule has 1 saturated heterocycles. The van der Waals surface area contributed by atoms with Crippen molar-refractivity contribution in [1.29, 1.82) is 0 Å². The van der Waals surface area contributed by atoms with Crippen molar-refractivity contribution in [2.45, 2.75) is 13.8 Å². The fourth-order valence-corrected chi connectivity index (χ4v) is 2.95. The van der Waals surface area contributed by atoms with Crippen LogP contribution in [0.2, 0.25) is 5.02 Å². The van der Waals surface area contributed by atoms with E-state index in [4.69, 9.17) is 11.6 Å². The van der Waals surface area contributed by atoms with Gasteiger partial charge in [-0.05, 0) is 25.0 Å². The average Bonchev–Trinajstić information content (AvgIpc) is 2.44. The Morgan fingerprint density at radius 1 is 1.20 bits per heavy atom. The van der Waals surface area contributed by atoms with Gasteiger partial charge in [0.25, 0.3) is 0 Å². The largest absolute Gasteiger partial charge is 0.367 e. The van der Waals surface area contributed by atoms with Crippen molar-refractivity contribution in [3.63, 3.8) is 0 Å². The van der Waals surface area contributed by atoms with Gasteiger partial charge < -0.3 is 10.2 Å². The Morgan fingerprint density at radius 3 is 2.60 bits per heavy atom. The maximum Gasteiger partial charge on any atom is 0.0829 e. The van der Waals surface area contributed by atoms with Crippen molar-refractivity contribution in [2.24, 2.45) is 0 Å². The van der Waals surface area contributed by atoms with Crippen LogP contribution in [0.15, 0.2) is 18.3 Å². The van der Waals surface area contributed by atoms with Crippen molar-refractivity contribution in [3.8, 4) is 0 Å². The fourth-order valence-electron chi connectivity index (χ4n) is 2.68. The zero-order valence-corrected chi connectivity index (χ0v) is 13.3. The van der Waals surface area contributed by atoms with E-state index in [0.717, 1.165) is 47.8 Å². The van der Waals surface area contributed by atoms with Gasteiger partial charge in [0.2, 0.25) is 0 Å². The highest BCUT2D eigenvalue weighted by molar-refractivity contribution is 6.34. The maximum atomic E-state index is 6.40. The number of fused-ring (bicyclic) bond motifs is 1. The summed E-state index contributed by atoms with van der Waals surface area (Å²) < 4.78 is 0. The van der Waals surface area contributed by atoms with Gasteiger partial charge in [0.1, 0.15) is 0 Å². The molecule has 0 atom stereocenters. The summed E-state index contributed by atoms with van der Waals surface area (Å²) in [5.74, 6) is 0. The smallest absolute Gasteiger partial charge is 0.0829 e. The lowest BCUT2D eigenvalue weighted by molar-refractivity contribution is 0.590. The molecule has 0 radical (unpaired) electrons. The monoisotopic (exact) mass is 311 g/mol. The van der Waals surface area contributed by atoms with E-state index < -0.39 is 0 Å². The number of piperazine rings is 1. The van der Waals surface area contributed by atoms with Crippen LogP contribution in [0.3, 0.4) is 0 Å². The number of anilines is 1. The van der Waals surface area contributed by atoms with Crippen LogP contribution in [0.1, 0.15) is 11.1 Å². The van der Waals surface area contributed by atoms with E-state index >= 15 is 0 Å². The first-order valence-electron chi connectivity index (χ1n) is 6.68. The molecule has 0 amide bonds. The number of nitrogens with zero attached hydrogens (tertiary/aromatic N) is 2. The SMILES string of the molecule is Cc1ccc2c(N3CCNCC3)c(Cl)cnc2c1C.Cl. The van der Waals surface area contributed by atoms with Crippen molar-refractivity contribution in [2.75, 3.05) is 31.1 Å². The van der Waals surface area contributed by atoms with Gasteiger partial charge in [0.05, 0.1) is 16.2 Å². The molecule has 5 heteroatoms. The minimum atomic E-state index is 0. The van der Waals surface area contributed by atoms with Crippen LogP contribution < -0.4 is 10.2 Å². The number of halogens is 2. The van der Waals surface area contributed by atoms with Gasteiger partial charge in [-0.3, -0.25) is 4.98 Å². The Kier molecular flexibility index (Phi) is 4.74. The summed E-state index contributed by atoms with van der Waals surface area (Å²) in [6.45, 7) is 8.24. The molecule has 1 aromatic heterocycles. The molecule has 3 nitrogen and oxygen atoms in total. The van der Waals surface area contributed by atoms with E-state index in [1.54, 1.807) is 6.20 Å². The summed E-state index contributed by atoms with van der Waals surface area (Å²) in [5.41, 5.74) is 4.72. The summed E-state index contributed by atoms with van der Waals surface area (Å²) >= 11 is 6.40. The van der Waals surface area contributed by atoms with E-state index in [-0.39, 0.29) is 12.4 Å². The third-order valence-corrected chi connectivity index (χ3v) is 4.20. The number of nitrogens with one attached hydrogen (secondary N) is 1. The second-order valence-corrected chi connectivity index (χ2v) is 5.50. The quantitative estimate of drug-likeness (QED) is 0.875. The van der Waals surface area contributed by atoms with Crippen LogP contribution in [0, 0.1) is 13.8 Å². The Bertz CT molecular complexity index is 622. The van der Waals surface area contributed by atoms with Gasteiger partial charge >= 0.3 is 0 Å². The highest BCUT2D eigenvalue weighted by atomic mass is 35.5. The number of pyridine rings is 1. The highest BCUT2D eigenvalue weighted by Gasteiger charge is 2.18. The molecule has 1 aromatic carbocycles. The van der Waals surface area contributed by atoms with E-state index in [0.29, 0.717) is 0 Å². The predicted octanol–water partition coefficient (Wildman–Crippen LogP) is 3.34. The zero-order chi connectivity index (χ0) is 13.4. The van der Waals surface area contributed by atoms with Crippen molar-refractivity contribution in [3.05, 3.63) is 34.5 Å². The Morgan fingerprint density at radius 2 is 1.90 bits per heavy atom. The molecule has 2 heterocycles. The van der Waals surface area contributed by atoms with Crippen LogP contribution in [0.4, 0.5) is 5.69 Å². The second kappa shape index (κ2) is 6.17. The summed E-state index contributed by atoms with van der Waals surface area (Å²) in [6.07, 6.45) is 1.79. The lowest BCUT2D eigenvalue weighted by atomic mass is 10.0. The molecule has 1 fully saturated rings. The third kappa shape index (κ3) is 2.58. The predicted molar refractivity (Wildman–Crippen MR) is 88.6 cm³/mol. The molecule has 1 aliphatic rings. The summed E-state index contributed by atoms with van der Waals surface area (Å²) in [7, 11) is 0. The highest BCUT2D eigenvalue weighted by Crippen LogP contribution is 2.35. The number of benzene rings is 1. The first-order valence-corrected chi connectivity index (χ1v) is 7.06. The number of hydrogen-bond donors (Lipinski definition) is 1. The van der Waals surface area contributed by atoms with Crippen molar-refractivity contribution in [1.82, 2.24) is 10.3 Å². The molecule has 1 aliphatic heterocycles. The molecule has 0 bridgehead atoms. The summed E-state index contributed by atoms with van der Waals surface area (Å²) in [4.78, 5) is 6.88. The minimum Gasteiger partial charge on any atom is -0.367 e. The van der Waals surface area contributed by atoms with Crippen LogP contribution in [-0.4, -0.2) is 31.2 Å². The molecule has 0 unspecified atom stereocenters. The van der Waals surface area contributed by atoms with E-state index in [1.165, 1.54) is 11.1 Å². The summed E-state index contributed by atoms with van der Waals surface area (Å²) in [6, 6.07) is 4.30. The van der Waals surface area contributed by atoms with E-state index in [9.17, 15) is 0 Å². The fraction of sp³-hybridized carbons (Fsp3) is 0.400. The Labute approximate surface area is 130 Å². The van der Waals surface area contributed by atoms with Gasteiger partial charge in [-0.2, -0.15) is 0 Å². The van der Waals surface area contributed by atoms with Crippen LogP contribution in [0.25, 0.3) is 10.9 Å². The molecular formula is C15H19Cl2N3. The van der Waals surface area contributed by atoms with E-state index in [2.05, 4.69) is 41.2 Å². The van der Waals surface area contributed by atoms with Gasteiger partial charge in [0, 0.05) is 37.8 Å². The lowest BCUT2D eigenvalue weighted by Crippen LogP contribution is -2.43. The molecule has 0 saturated carbocycles. The first kappa shape index (κ1) is 15.4. The van der Waals surface area contributed by atoms with Gasteiger partial charge in [0.15, 0.2) is 0 Å². The first-order chi connectivity index (χ1) is 9.18. The lowest BCUT2D eigenvalue weighted by Gasteiger charge is -2.31. The minimum absolute atomic E-state index is 0. The molecule has 108 valence electrons. The molecule has 0 aliphatic carbocycles. The average molecular weight is 312 g/mol. The van der Waals surface area contributed by atoms with Crippen LogP contribution >= 0.6 is 24.0 Å². The van der Waals surface area contributed by atoms with Crippen LogP contribution in [-0.2, 0) is 0 Å². The molecule has 3 rings (SSSR count). The topological polar surface area (TPSA) is 28.2 Å². The Balaban J connectivity index is 0.00000147. The normalized spacial score (nSPS) is 15.2. The van der Waals surface area contributed by atoms with Crippen molar-refractivity contribution >= 4 is 40.6 Å². The van der Waals surface area contributed by atoms with Gasteiger partial charge in [-0.1, -0.05) is 23.7 Å². The standard InChI is InChI=1S/C15H18ClN3.ClH/c1-10-3-4-12-14(11(10)2)18-9-13(16)15(12)19-7-5-17-6-8-19;/h3-4,9,17H,5-8H2,1-2H3;1H. The maximum absolute atomic E-state index is 6.40. The number of aromatic nitrogens is 1. The Hall–Kier alpha value is -1.03. The molecular weight excluding hydrogens is 293 g/mol. The van der Waals surface area contributed by atoms with E-state index in [1.807, 2.05) is 0 Å². The second-order valence-electron chi connectivity index (χ2n) is 5.10. The number of rotatable bonds is 1. The van der Waals surface area contributed by atoms with Crippen molar-refractivity contribution < 1.29 is 0 Å². The number of hydrogen-bond acceptors (Lipinski definition) is 3. The summed E-state index contributed by atoms with van der Waals surface area (Å²) in [5, 5.41) is 5.28. The number of aryl methyl sites for hydroxylation is 2. The molecule has 0 spiro atoms.